The number of halogens is 2. The molecule has 6 heteroatoms. The number of esters is 1. The van der Waals surface area contributed by atoms with Crippen molar-refractivity contribution in [1.82, 2.24) is 0 Å². The van der Waals surface area contributed by atoms with Gasteiger partial charge in [-0.3, -0.25) is 0 Å². The molecule has 2 N–H and O–H groups in total. The molecular weight excluding hydrogens is 317 g/mol. The molecule has 0 heterocycles. The third-order valence-electron chi connectivity index (χ3n) is 2.70. The van der Waals surface area contributed by atoms with E-state index in [4.69, 9.17) is 10.5 Å². The van der Waals surface area contributed by atoms with Crippen molar-refractivity contribution in [3.63, 3.8) is 0 Å². The fourth-order valence-electron chi connectivity index (χ4n) is 1.41. The average Bonchev–Trinajstić information content (AvgIpc) is 2.41. The summed E-state index contributed by atoms with van der Waals surface area (Å²) >= 11 is 3.03. The van der Waals surface area contributed by atoms with Crippen LogP contribution in [0.2, 0.25) is 0 Å². The summed E-state index contributed by atoms with van der Waals surface area (Å²) in [5.74, 6) is -0.573. The molecule has 19 heavy (non-hydrogen) atoms. The number of ether oxygens (including phenoxy) is 2. The van der Waals surface area contributed by atoms with E-state index in [0.29, 0.717) is 19.1 Å². The third-order valence-corrected chi connectivity index (χ3v) is 3.31. The van der Waals surface area contributed by atoms with Crippen LogP contribution in [0.3, 0.4) is 0 Å². The molecule has 0 radical (unpaired) electrons. The van der Waals surface area contributed by atoms with Crippen molar-refractivity contribution < 1.29 is 18.7 Å². The fraction of sp³-hybridized carbons (Fsp3) is 0.462. The van der Waals surface area contributed by atoms with Crippen LogP contribution in [0.25, 0.3) is 0 Å². The van der Waals surface area contributed by atoms with Crippen LogP contribution < -0.4 is 10.5 Å². The van der Waals surface area contributed by atoms with E-state index in [1.807, 2.05) is 6.92 Å². The number of hydrogen-bond acceptors (Lipinski definition) is 4. The van der Waals surface area contributed by atoms with Crippen molar-refractivity contribution in [2.45, 2.75) is 13.3 Å². The number of nitrogens with two attached hydrogens (primary N) is 1. The molecule has 106 valence electrons. The van der Waals surface area contributed by atoms with Crippen molar-refractivity contribution in [2.75, 3.05) is 20.3 Å². The van der Waals surface area contributed by atoms with Crippen molar-refractivity contribution in [3.05, 3.63) is 28.0 Å². The molecule has 0 fully saturated rings. The highest BCUT2D eigenvalue weighted by Gasteiger charge is 2.17. The van der Waals surface area contributed by atoms with Gasteiger partial charge >= 0.3 is 5.97 Å². The Morgan fingerprint density at radius 2 is 2.21 bits per heavy atom. The minimum absolute atomic E-state index is 0.178. The lowest BCUT2D eigenvalue weighted by atomic mass is 10.1. The van der Waals surface area contributed by atoms with E-state index in [1.165, 1.54) is 19.2 Å². The summed E-state index contributed by atoms with van der Waals surface area (Å²) in [7, 11) is 1.26. The second-order valence-electron chi connectivity index (χ2n) is 4.23. The van der Waals surface area contributed by atoms with E-state index in [2.05, 4.69) is 20.7 Å². The SMILES string of the molecule is COC(=O)c1cc(Br)c(F)cc1OCCC(C)CN. The first-order valence-corrected chi connectivity index (χ1v) is 6.69. The lowest BCUT2D eigenvalue weighted by Crippen LogP contribution is -2.15. The minimum atomic E-state index is -0.567. The highest BCUT2D eigenvalue weighted by Crippen LogP contribution is 2.27. The summed E-state index contributed by atoms with van der Waals surface area (Å²) < 4.78 is 23.8. The van der Waals surface area contributed by atoms with Crippen LogP contribution >= 0.6 is 15.9 Å². The van der Waals surface area contributed by atoms with Gasteiger partial charge in [-0.1, -0.05) is 6.92 Å². The van der Waals surface area contributed by atoms with Gasteiger partial charge in [-0.2, -0.15) is 0 Å². The number of rotatable bonds is 6. The van der Waals surface area contributed by atoms with Crippen LogP contribution in [0, 0.1) is 11.7 Å². The van der Waals surface area contributed by atoms with Crippen LogP contribution in [-0.2, 0) is 4.74 Å². The van der Waals surface area contributed by atoms with Crippen LogP contribution in [0.15, 0.2) is 16.6 Å². The molecule has 1 rings (SSSR count). The van der Waals surface area contributed by atoms with E-state index in [9.17, 15) is 9.18 Å². The van der Waals surface area contributed by atoms with E-state index in [-0.39, 0.29) is 15.8 Å². The Kier molecular flexibility index (Phi) is 6.24. The molecule has 0 aromatic heterocycles. The van der Waals surface area contributed by atoms with Crippen LogP contribution in [-0.4, -0.2) is 26.2 Å². The van der Waals surface area contributed by atoms with E-state index in [0.717, 1.165) is 6.42 Å². The maximum absolute atomic E-state index is 13.5. The fourth-order valence-corrected chi connectivity index (χ4v) is 1.75. The third kappa shape index (κ3) is 4.47. The Hall–Kier alpha value is -1.14. The first kappa shape index (κ1) is 15.9. The Morgan fingerprint density at radius 3 is 2.79 bits per heavy atom. The van der Waals surface area contributed by atoms with Crippen LogP contribution in [0.1, 0.15) is 23.7 Å². The van der Waals surface area contributed by atoms with Gasteiger partial charge in [-0.25, -0.2) is 9.18 Å². The second kappa shape index (κ2) is 7.45. The van der Waals surface area contributed by atoms with Gasteiger partial charge in [-0.05, 0) is 40.9 Å². The molecule has 0 saturated heterocycles. The Balaban J connectivity index is 2.85. The first-order valence-electron chi connectivity index (χ1n) is 5.89. The van der Waals surface area contributed by atoms with Crippen LogP contribution in [0.4, 0.5) is 4.39 Å². The predicted octanol–water partition coefficient (Wildman–Crippen LogP) is 2.74. The molecule has 0 aliphatic rings. The maximum Gasteiger partial charge on any atom is 0.341 e. The maximum atomic E-state index is 13.5. The molecule has 0 saturated carbocycles. The van der Waals surface area contributed by atoms with E-state index in [1.54, 1.807) is 0 Å². The molecule has 1 aromatic rings. The smallest absolute Gasteiger partial charge is 0.341 e. The summed E-state index contributed by atoms with van der Waals surface area (Å²) in [6, 6.07) is 2.52. The van der Waals surface area contributed by atoms with Crippen molar-refractivity contribution in [3.8, 4) is 5.75 Å². The average molecular weight is 334 g/mol. The van der Waals surface area contributed by atoms with Gasteiger partial charge in [0.15, 0.2) is 0 Å². The zero-order chi connectivity index (χ0) is 14.4. The molecule has 1 unspecified atom stereocenters. The number of carbonyl (C=O) groups excluding carboxylic acids is 1. The van der Waals surface area contributed by atoms with Gasteiger partial charge in [0.1, 0.15) is 17.1 Å². The van der Waals surface area contributed by atoms with Gasteiger partial charge in [0.2, 0.25) is 0 Å². The lowest BCUT2D eigenvalue weighted by molar-refractivity contribution is 0.0595. The van der Waals surface area contributed by atoms with Crippen molar-refractivity contribution in [2.24, 2.45) is 11.7 Å². The lowest BCUT2D eigenvalue weighted by Gasteiger charge is -2.13. The van der Waals surface area contributed by atoms with Gasteiger partial charge in [-0.15, -0.1) is 0 Å². The molecule has 1 atom stereocenters. The molecule has 0 bridgehead atoms. The van der Waals surface area contributed by atoms with E-state index < -0.39 is 11.8 Å². The topological polar surface area (TPSA) is 61.5 Å². The summed E-state index contributed by atoms with van der Waals surface area (Å²) in [6.07, 6.45) is 0.731. The molecular formula is C13H17BrFNO3. The summed E-state index contributed by atoms with van der Waals surface area (Å²) in [5, 5.41) is 0. The Morgan fingerprint density at radius 1 is 1.53 bits per heavy atom. The molecule has 0 aliphatic carbocycles. The highest BCUT2D eigenvalue weighted by atomic mass is 79.9. The standard InChI is InChI=1S/C13H17BrFNO3/c1-8(7-16)3-4-19-12-6-11(15)10(14)5-9(12)13(17)18-2/h5-6,8H,3-4,7,16H2,1-2H3. The molecule has 0 amide bonds. The normalized spacial score (nSPS) is 12.1. The van der Waals surface area contributed by atoms with Gasteiger partial charge in [0, 0.05) is 6.07 Å². The summed E-state index contributed by atoms with van der Waals surface area (Å²) in [5.41, 5.74) is 5.69. The molecule has 1 aromatic carbocycles. The van der Waals surface area contributed by atoms with Crippen molar-refractivity contribution in [1.29, 1.82) is 0 Å². The van der Waals surface area contributed by atoms with Crippen molar-refractivity contribution >= 4 is 21.9 Å². The largest absolute Gasteiger partial charge is 0.493 e. The monoisotopic (exact) mass is 333 g/mol. The van der Waals surface area contributed by atoms with Gasteiger partial charge < -0.3 is 15.2 Å². The Labute approximate surface area is 120 Å². The quantitative estimate of drug-likeness (QED) is 0.813. The number of benzene rings is 1. The van der Waals surface area contributed by atoms with Gasteiger partial charge in [0.05, 0.1) is 18.2 Å². The van der Waals surface area contributed by atoms with Crippen LogP contribution in [0.5, 0.6) is 5.75 Å². The zero-order valence-corrected chi connectivity index (χ0v) is 12.5. The minimum Gasteiger partial charge on any atom is -0.493 e. The second-order valence-corrected chi connectivity index (χ2v) is 5.09. The van der Waals surface area contributed by atoms with E-state index >= 15 is 0 Å². The Bertz CT molecular complexity index is 454. The predicted molar refractivity (Wildman–Crippen MR) is 73.8 cm³/mol. The summed E-state index contributed by atoms with van der Waals surface area (Å²) in [4.78, 5) is 11.6. The number of hydrogen-bond donors (Lipinski definition) is 1. The highest BCUT2D eigenvalue weighted by molar-refractivity contribution is 9.10. The first-order chi connectivity index (χ1) is 8.99. The molecule has 0 aliphatic heterocycles. The molecule has 0 spiro atoms. The molecule has 4 nitrogen and oxygen atoms in total. The number of carbonyl (C=O) groups is 1. The zero-order valence-electron chi connectivity index (χ0n) is 10.9. The summed E-state index contributed by atoms with van der Waals surface area (Å²) in [6.45, 7) is 2.91. The van der Waals surface area contributed by atoms with Gasteiger partial charge in [0.25, 0.3) is 0 Å². The number of methoxy groups -OCH3 is 1.